The van der Waals surface area contributed by atoms with Gasteiger partial charge in [0.25, 0.3) is 0 Å². The lowest BCUT2D eigenvalue weighted by atomic mass is 10.1. The standard InChI is InChI=1S/C19H22ClN3S/c1-2-15-5-3-4-6-18(15)21-19(24)23-13-11-22(12-14-23)17-9-7-16(20)8-10-17/h3-10H,2,11-14H2,1H3,(H,21,24). The Kier molecular flexibility index (Phi) is 5.59. The van der Waals surface area contributed by atoms with E-state index in [0.29, 0.717) is 0 Å². The summed E-state index contributed by atoms with van der Waals surface area (Å²) in [5, 5.41) is 5.00. The number of halogens is 1. The number of piperazine rings is 1. The molecule has 3 nitrogen and oxygen atoms in total. The lowest BCUT2D eigenvalue weighted by Crippen LogP contribution is -2.50. The highest BCUT2D eigenvalue weighted by atomic mass is 35.5. The molecule has 0 aromatic heterocycles. The first kappa shape index (κ1) is 17.1. The molecule has 1 aliphatic heterocycles. The molecule has 2 aromatic carbocycles. The first-order valence-electron chi connectivity index (χ1n) is 8.31. The van der Waals surface area contributed by atoms with Crippen molar-refractivity contribution in [2.75, 3.05) is 36.4 Å². The molecule has 2 aromatic rings. The van der Waals surface area contributed by atoms with Gasteiger partial charge < -0.3 is 15.1 Å². The molecule has 1 heterocycles. The van der Waals surface area contributed by atoms with E-state index in [0.717, 1.165) is 48.4 Å². The van der Waals surface area contributed by atoms with Gasteiger partial charge in [-0.1, -0.05) is 36.7 Å². The van der Waals surface area contributed by atoms with Crippen molar-refractivity contribution in [2.45, 2.75) is 13.3 Å². The monoisotopic (exact) mass is 359 g/mol. The van der Waals surface area contributed by atoms with E-state index in [-0.39, 0.29) is 0 Å². The number of para-hydroxylation sites is 1. The van der Waals surface area contributed by atoms with Gasteiger partial charge in [0, 0.05) is 42.6 Å². The van der Waals surface area contributed by atoms with E-state index in [1.54, 1.807) is 0 Å². The number of anilines is 2. The van der Waals surface area contributed by atoms with Crippen molar-refractivity contribution in [2.24, 2.45) is 0 Å². The molecule has 1 N–H and O–H groups in total. The van der Waals surface area contributed by atoms with Crippen LogP contribution in [0.2, 0.25) is 5.02 Å². The number of benzene rings is 2. The zero-order valence-electron chi connectivity index (χ0n) is 13.8. The fourth-order valence-corrected chi connectivity index (χ4v) is 3.38. The van der Waals surface area contributed by atoms with Gasteiger partial charge in [-0.3, -0.25) is 0 Å². The Hall–Kier alpha value is -1.78. The maximum atomic E-state index is 5.96. The van der Waals surface area contributed by atoms with Crippen LogP contribution in [0.4, 0.5) is 11.4 Å². The normalized spacial score (nSPS) is 14.6. The predicted octanol–water partition coefficient (Wildman–Crippen LogP) is 4.42. The molecule has 5 heteroatoms. The fraction of sp³-hybridized carbons (Fsp3) is 0.316. The van der Waals surface area contributed by atoms with Crippen molar-refractivity contribution in [1.29, 1.82) is 0 Å². The summed E-state index contributed by atoms with van der Waals surface area (Å²) in [6.45, 7) is 5.91. The van der Waals surface area contributed by atoms with Crippen LogP contribution >= 0.6 is 23.8 Å². The number of thiocarbonyl (C=S) groups is 1. The quantitative estimate of drug-likeness (QED) is 0.817. The van der Waals surface area contributed by atoms with Crippen LogP contribution in [0.3, 0.4) is 0 Å². The van der Waals surface area contributed by atoms with Crippen molar-refractivity contribution < 1.29 is 0 Å². The van der Waals surface area contributed by atoms with Crippen molar-refractivity contribution in [1.82, 2.24) is 4.90 Å². The molecule has 3 rings (SSSR count). The molecule has 24 heavy (non-hydrogen) atoms. The second-order valence-corrected chi connectivity index (χ2v) is 6.71. The second-order valence-electron chi connectivity index (χ2n) is 5.89. The maximum Gasteiger partial charge on any atom is 0.173 e. The van der Waals surface area contributed by atoms with Crippen LogP contribution in [0.5, 0.6) is 0 Å². The summed E-state index contributed by atoms with van der Waals surface area (Å²) < 4.78 is 0. The number of aryl methyl sites for hydroxylation is 1. The molecule has 1 aliphatic rings. The number of rotatable bonds is 3. The molecule has 0 aliphatic carbocycles. The Labute approximate surface area is 154 Å². The molecule has 0 saturated carbocycles. The van der Waals surface area contributed by atoms with Gasteiger partial charge in [-0.05, 0) is 54.5 Å². The summed E-state index contributed by atoms with van der Waals surface area (Å²) in [7, 11) is 0. The zero-order valence-corrected chi connectivity index (χ0v) is 15.4. The van der Waals surface area contributed by atoms with Gasteiger partial charge in [0.15, 0.2) is 5.11 Å². The van der Waals surface area contributed by atoms with Crippen LogP contribution in [0.1, 0.15) is 12.5 Å². The topological polar surface area (TPSA) is 18.5 Å². The minimum Gasteiger partial charge on any atom is -0.368 e. The molecular formula is C19H22ClN3S. The van der Waals surface area contributed by atoms with Crippen LogP contribution < -0.4 is 10.2 Å². The summed E-state index contributed by atoms with van der Waals surface area (Å²) in [6, 6.07) is 16.4. The van der Waals surface area contributed by atoms with E-state index < -0.39 is 0 Å². The molecule has 0 radical (unpaired) electrons. The molecule has 0 bridgehead atoms. The van der Waals surface area contributed by atoms with E-state index in [1.807, 2.05) is 18.2 Å². The molecular weight excluding hydrogens is 338 g/mol. The molecule has 126 valence electrons. The van der Waals surface area contributed by atoms with Crippen molar-refractivity contribution in [3.8, 4) is 0 Å². The maximum absolute atomic E-state index is 5.96. The van der Waals surface area contributed by atoms with Gasteiger partial charge in [0.05, 0.1) is 0 Å². The first-order valence-corrected chi connectivity index (χ1v) is 9.10. The molecule has 0 spiro atoms. The lowest BCUT2D eigenvalue weighted by molar-refractivity contribution is 0.391. The van der Waals surface area contributed by atoms with Crippen LogP contribution in [-0.4, -0.2) is 36.2 Å². The van der Waals surface area contributed by atoms with E-state index in [2.05, 4.69) is 52.4 Å². The van der Waals surface area contributed by atoms with Crippen LogP contribution in [0, 0.1) is 0 Å². The Morgan fingerprint density at radius 1 is 1.04 bits per heavy atom. The summed E-state index contributed by atoms with van der Waals surface area (Å²) in [5.74, 6) is 0. The van der Waals surface area contributed by atoms with Crippen molar-refractivity contribution in [3.63, 3.8) is 0 Å². The average Bonchev–Trinajstić information content (AvgIpc) is 2.63. The number of hydrogen-bond donors (Lipinski definition) is 1. The van der Waals surface area contributed by atoms with Gasteiger partial charge in [-0.15, -0.1) is 0 Å². The van der Waals surface area contributed by atoms with E-state index in [9.17, 15) is 0 Å². The number of nitrogens with zero attached hydrogens (tertiary/aromatic N) is 2. The predicted molar refractivity (Wildman–Crippen MR) is 107 cm³/mol. The zero-order chi connectivity index (χ0) is 16.9. The van der Waals surface area contributed by atoms with Crippen LogP contribution in [-0.2, 0) is 6.42 Å². The summed E-state index contributed by atoms with van der Waals surface area (Å²) >= 11 is 11.6. The minimum absolute atomic E-state index is 0.775. The molecule has 0 unspecified atom stereocenters. The highest BCUT2D eigenvalue weighted by Crippen LogP contribution is 2.20. The van der Waals surface area contributed by atoms with Gasteiger partial charge in [-0.25, -0.2) is 0 Å². The van der Waals surface area contributed by atoms with Gasteiger partial charge in [0.1, 0.15) is 0 Å². The summed E-state index contributed by atoms with van der Waals surface area (Å²) in [6.07, 6.45) is 0.996. The minimum atomic E-state index is 0.775. The third kappa shape index (κ3) is 4.00. The lowest BCUT2D eigenvalue weighted by Gasteiger charge is -2.37. The number of hydrogen-bond acceptors (Lipinski definition) is 2. The van der Waals surface area contributed by atoms with Crippen molar-refractivity contribution >= 4 is 40.3 Å². The largest absolute Gasteiger partial charge is 0.368 e. The van der Waals surface area contributed by atoms with Gasteiger partial charge in [-0.2, -0.15) is 0 Å². The third-order valence-corrected chi connectivity index (χ3v) is 5.01. The van der Waals surface area contributed by atoms with Gasteiger partial charge in [0.2, 0.25) is 0 Å². The van der Waals surface area contributed by atoms with Crippen molar-refractivity contribution in [3.05, 3.63) is 59.1 Å². The molecule has 1 saturated heterocycles. The molecule has 0 amide bonds. The van der Waals surface area contributed by atoms with Crippen LogP contribution in [0.25, 0.3) is 0 Å². The first-order chi connectivity index (χ1) is 11.7. The number of nitrogens with one attached hydrogen (secondary N) is 1. The fourth-order valence-electron chi connectivity index (χ4n) is 2.96. The van der Waals surface area contributed by atoms with Crippen LogP contribution in [0.15, 0.2) is 48.5 Å². The SMILES string of the molecule is CCc1ccccc1NC(=S)N1CCN(c2ccc(Cl)cc2)CC1. The smallest absolute Gasteiger partial charge is 0.173 e. The Morgan fingerprint density at radius 3 is 2.38 bits per heavy atom. The highest BCUT2D eigenvalue weighted by molar-refractivity contribution is 7.80. The van der Waals surface area contributed by atoms with E-state index in [4.69, 9.17) is 23.8 Å². The summed E-state index contributed by atoms with van der Waals surface area (Å²) in [5.41, 5.74) is 3.62. The summed E-state index contributed by atoms with van der Waals surface area (Å²) in [4.78, 5) is 4.61. The van der Waals surface area contributed by atoms with E-state index >= 15 is 0 Å². The Bertz CT molecular complexity index is 694. The van der Waals surface area contributed by atoms with E-state index in [1.165, 1.54) is 11.3 Å². The second kappa shape index (κ2) is 7.86. The van der Waals surface area contributed by atoms with Gasteiger partial charge >= 0.3 is 0 Å². The highest BCUT2D eigenvalue weighted by Gasteiger charge is 2.19. The Morgan fingerprint density at radius 2 is 1.71 bits per heavy atom. The Balaban J connectivity index is 1.58. The molecule has 1 fully saturated rings. The third-order valence-electron chi connectivity index (χ3n) is 4.40. The molecule has 0 atom stereocenters. The average molecular weight is 360 g/mol.